The van der Waals surface area contributed by atoms with Crippen LogP contribution in [0, 0.1) is 13.1 Å². The van der Waals surface area contributed by atoms with Gasteiger partial charge in [-0.3, -0.25) is 0 Å². The lowest BCUT2D eigenvalue weighted by molar-refractivity contribution is 0.424. The van der Waals surface area contributed by atoms with Gasteiger partial charge in [0.15, 0.2) is 0 Å². The highest BCUT2D eigenvalue weighted by molar-refractivity contribution is 5.73. The summed E-state index contributed by atoms with van der Waals surface area (Å²) >= 11 is 0. The lowest BCUT2D eigenvalue weighted by atomic mass is 9.86. The van der Waals surface area contributed by atoms with Crippen LogP contribution in [-0.2, 0) is 10.8 Å². The Morgan fingerprint density at radius 2 is 1.06 bits per heavy atom. The molecule has 0 saturated heterocycles. The van der Waals surface area contributed by atoms with Gasteiger partial charge in [0.25, 0.3) is 0 Å². The Labute approximate surface area is 194 Å². The lowest BCUT2D eigenvalue weighted by Crippen LogP contribution is -2.41. The fourth-order valence-electron chi connectivity index (χ4n) is 4.30. The zero-order valence-corrected chi connectivity index (χ0v) is 20.3. The van der Waals surface area contributed by atoms with Crippen molar-refractivity contribution in [1.82, 2.24) is 0 Å². The summed E-state index contributed by atoms with van der Waals surface area (Å²) in [5.74, 6) is 0. The van der Waals surface area contributed by atoms with E-state index in [0.717, 1.165) is 24.2 Å². The first-order valence-electron chi connectivity index (χ1n) is 11.6. The Hall–Kier alpha value is -2.98. The molecule has 4 heteroatoms. The molecule has 0 radical (unpaired) electrons. The van der Waals surface area contributed by atoms with Crippen molar-refractivity contribution in [1.29, 1.82) is 0 Å². The molecule has 2 N–H and O–H groups in total. The summed E-state index contributed by atoms with van der Waals surface area (Å²) in [6.45, 7) is 28.4. The lowest BCUT2D eigenvalue weighted by Gasteiger charge is -2.35. The molecule has 2 aromatic carbocycles. The van der Waals surface area contributed by atoms with Crippen molar-refractivity contribution in [2.75, 3.05) is 10.6 Å². The van der Waals surface area contributed by atoms with Crippen molar-refractivity contribution >= 4 is 22.7 Å². The van der Waals surface area contributed by atoms with E-state index in [-0.39, 0.29) is 22.9 Å². The number of hydrogen-bond donors (Lipinski definition) is 2. The quantitative estimate of drug-likeness (QED) is 0.481. The number of nitrogens with zero attached hydrogens (tertiary/aromatic N) is 2. The van der Waals surface area contributed by atoms with E-state index in [1.54, 1.807) is 0 Å². The molecule has 32 heavy (non-hydrogen) atoms. The number of rotatable bonds is 4. The van der Waals surface area contributed by atoms with Crippen molar-refractivity contribution in [3.63, 3.8) is 0 Å². The second kappa shape index (κ2) is 9.25. The van der Waals surface area contributed by atoms with Crippen LogP contribution in [0.25, 0.3) is 9.69 Å². The minimum atomic E-state index is 0.0161. The molecule has 0 bridgehead atoms. The summed E-state index contributed by atoms with van der Waals surface area (Å²) in [6.07, 6.45) is 4.43. The first-order valence-corrected chi connectivity index (χ1v) is 11.6. The smallest absolute Gasteiger partial charge is 0.209 e. The van der Waals surface area contributed by atoms with Crippen LogP contribution in [0.2, 0.25) is 0 Å². The Morgan fingerprint density at radius 1 is 0.688 bits per heavy atom. The maximum absolute atomic E-state index is 7.69. The molecule has 1 aliphatic rings. The van der Waals surface area contributed by atoms with E-state index in [1.165, 1.54) is 24.0 Å². The average molecular weight is 429 g/mol. The van der Waals surface area contributed by atoms with Crippen molar-refractivity contribution < 1.29 is 0 Å². The van der Waals surface area contributed by atoms with E-state index in [0.29, 0.717) is 11.4 Å². The molecule has 2 atom stereocenters. The molecule has 1 aliphatic carbocycles. The maximum atomic E-state index is 7.69. The van der Waals surface area contributed by atoms with Gasteiger partial charge in [-0.1, -0.05) is 89.8 Å². The summed E-state index contributed by atoms with van der Waals surface area (Å²) in [4.78, 5) is 7.61. The van der Waals surface area contributed by atoms with Gasteiger partial charge in [-0.2, -0.15) is 0 Å². The number of benzene rings is 2. The van der Waals surface area contributed by atoms with Crippen LogP contribution in [0.4, 0.5) is 22.7 Å². The zero-order valence-electron chi connectivity index (χ0n) is 20.3. The molecule has 4 nitrogen and oxygen atoms in total. The second-order valence-electron chi connectivity index (χ2n) is 11.0. The molecule has 1 fully saturated rings. The predicted octanol–water partition coefficient (Wildman–Crippen LogP) is 8.22. The van der Waals surface area contributed by atoms with Gasteiger partial charge in [-0.15, -0.1) is 0 Å². The van der Waals surface area contributed by atoms with Gasteiger partial charge in [-0.05, 0) is 35.8 Å². The second-order valence-corrected chi connectivity index (χ2v) is 11.0. The van der Waals surface area contributed by atoms with Crippen molar-refractivity contribution in [2.45, 2.75) is 90.1 Å². The average Bonchev–Trinajstić information content (AvgIpc) is 2.74. The van der Waals surface area contributed by atoms with Gasteiger partial charge in [-0.25, -0.2) is 9.69 Å². The van der Waals surface area contributed by atoms with Crippen LogP contribution < -0.4 is 10.6 Å². The summed E-state index contributed by atoms with van der Waals surface area (Å²) in [5, 5.41) is 7.34. The molecule has 0 amide bonds. The van der Waals surface area contributed by atoms with Crippen LogP contribution in [-0.4, -0.2) is 12.1 Å². The third-order valence-corrected chi connectivity index (χ3v) is 6.42. The van der Waals surface area contributed by atoms with Crippen molar-refractivity contribution in [3.05, 3.63) is 70.4 Å². The summed E-state index contributed by atoms with van der Waals surface area (Å²) in [6, 6.07) is 12.8. The highest BCUT2D eigenvalue weighted by atomic mass is 15.0. The first-order chi connectivity index (χ1) is 15.0. The first kappa shape index (κ1) is 23.7. The van der Waals surface area contributed by atoms with E-state index in [2.05, 4.69) is 86.1 Å². The highest BCUT2D eigenvalue weighted by Crippen LogP contribution is 2.36. The third kappa shape index (κ3) is 5.43. The fraction of sp³-hybridized carbons (Fsp3) is 0.500. The van der Waals surface area contributed by atoms with E-state index >= 15 is 0 Å². The largest absolute Gasteiger partial charge is 0.389 e. The molecule has 1 saturated carbocycles. The van der Waals surface area contributed by atoms with Crippen molar-refractivity contribution in [3.8, 4) is 0 Å². The Kier molecular flexibility index (Phi) is 6.85. The van der Waals surface area contributed by atoms with Gasteiger partial charge in [0.1, 0.15) is 0 Å². The normalized spacial score (nSPS) is 19.0. The molecule has 0 aliphatic heterocycles. The van der Waals surface area contributed by atoms with Crippen molar-refractivity contribution in [2.24, 2.45) is 0 Å². The standard InChI is InChI=1S/C28H36N4/c1-27(2,3)19-13-15-23(25(17-19)29-7)31-21-11-9-10-12-22(21)32-24-16-14-20(28(4,5)6)18-26(24)30-8/h13-18,21-22,31-32H,9-12H2,1-6H3. The van der Waals surface area contributed by atoms with E-state index in [1.807, 2.05) is 12.1 Å². The van der Waals surface area contributed by atoms with E-state index in [4.69, 9.17) is 13.1 Å². The highest BCUT2D eigenvalue weighted by Gasteiger charge is 2.27. The predicted molar refractivity (Wildman–Crippen MR) is 136 cm³/mol. The van der Waals surface area contributed by atoms with Crippen LogP contribution in [0.3, 0.4) is 0 Å². The maximum Gasteiger partial charge on any atom is 0.209 e. The molecule has 0 heterocycles. The Bertz CT molecular complexity index is 956. The topological polar surface area (TPSA) is 32.8 Å². The molecular formula is C28H36N4. The Balaban J connectivity index is 1.84. The summed E-state index contributed by atoms with van der Waals surface area (Å²) in [7, 11) is 0. The van der Waals surface area contributed by atoms with Gasteiger partial charge in [0, 0.05) is 23.5 Å². The van der Waals surface area contributed by atoms with Gasteiger partial charge >= 0.3 is 0 Å². The SMILES string of the molecule is [C-]#[N+]c1cc(C(C)(C)C)ccc1NC1CCCCC1Nc1ccc(C(C)(C)C)cc1[N+]#[C-]. The number of anilines is 2. The van der Waals surface area contributed by atoms with E-state index in [9.17, 15) is 0 Å². The Morgan fingerprint density at radius 3 is 1.38 bits per heavy atom. The van der Waals surface area contributed by atoms with Gasteiger partial charge in [0.2, 0.25) is 11.4 Å². The molecule has 2 unspecified atom stereocenters. The molecular weight excluding hydrogens is 392 g/mol. The monoisotopic (exact) mass is 428 g/mol. The molecule has 3 rings (SSSR count). The third-order valence-electron chi connectivity index (χ3n) is 6.42. The van der Waals surface area contributed by atoms with Crippen LogP contribution in [0.1, 0.15) is 78.4 Å². The van der Waals surface area contributed by atoms with Crippen LogP contribution >= 0.6 is 0 Å². The summed E-state index contributed by atoms with van der Waals surface area (Å²) in [5.41, 5.74) is 5.54. The van der Waals surface area contributed by atoms with Gasteiger partial charge in [0.05, 0.1) is 13.1 Å². The molecule has 2 aromatic rings. The zero-order chi connectivity index (χ0) is 23.5. The minimum Gasteiger partial charge on any atom is -0.389 e. The molecule has 0 spiro atoms. The summed E-state index contributed by atoms with van der Waals surface area (Å²) < 4.78 is 0. The number of nitrogens with one attached hydrogen (secondary N) is 2. The van der Waals surface area contributed by atoms with Crippen LogP contribution in [0.15, 0.2) is 36.4 Å². The van der Waals surface area contributed by atoms with E-state index < -0.39 is 0 Å². The number of hydrogen-bond acceptors (Lipinski definition) is 2. The molecule has 168 valence electrons. The fourth-order valence-corrected chi connectivity index (χ4v) is 4.30. The minimum absolute atomic E-state index is 0.0161. The van der Waals surface area contributed by atoms with Gasteiger partial charge < -0.3 is 10.6 Å². The molecule has 0 aromatic heterocycles. The van der Waals surface area contributed by atoms with Crippen LogP contribution in [0.5, 0.6) is 0 Å².